The number of ether oxygens (including phenoxy) is 1. The van der Waals surface area contributed by atoms with E-state index in [0.717, 1.165) is 36.0 Å². The fourth-order valence-electron chi connectivity index (χ4n) is 4.73. The number of nitrogens with zero attached hydrogens (tertiary/aromatic N) is 2. The molecule has 2 aromatic heterocycles. The normalized spacial score (nSPS) is 19.1. The summed E-state index contributed by atoms with van der Waals surface area (Å²) in [5.41, 5.74) is 8.81. The van der Waals surface area contributed by atoms with E-state index in [0.29, 0.717) is 30.7 Å². The quantitative estimate of drug-likeness (QED) is 0.449. The van der Waals surface area contributed by atoms with E-state index in [9.17, 15) is 9.18 Å². The molecular weight excluding hydrogens is 494 g/mol. The van der Waals surface area contributed by atoms with Crippen molar-refractivity contribution in [3.8, 4) is 5.75 Å². The molecular formula is C25H25Cl2FN4O3. The third-order valence-electron chi connectivity index (χ3n) is 6.66. The van der Waals surface area contributed by atoms with Gasteiger partial charge in [-0.1, -0.05) is 29.3 Å². The number of halogens is 3. The number of hydrogen-bond donors (Lipinski definition) is 2. The molecule has 0 spiro atoms. The van der Waals surface area contributed by atoms with Crippen LogP contribution in [0.3, 0.4) is 0 Å². The molecule has 2 aliphatic heterocycles. The lowest BCUT2D eigenvalue weighted by atomic mass is 9.98. The van der Waals surface area contributed by atoms with Crippen molar-refractivity contribution in [2.75, 3.05) is 31.9 Å². The molecule has 5 rings (SSSR count). The molecule has 1 fully saturated rings. The number of nitrogens with two attached hydrogens (primary N) is 1. The van der Waals surface area contributed by atoms with Crippen LogP contribution >= 0.6 is 23.2 Å². The molecule has 0 radical (unpaired) electrons. The third-order valence-corrected chi connectivity index (χ3v) is 7.37. The first-order valence-electron chi connectivity index (χ1n) is 11.5. The molecule has 35 heavy (non-hydrogen) atoms. The molecule has 2 aliphatic rings. The SMILES string of the molecule is C[C@@H](Oc1c(N)ncc2c(C3=CCN(C(=O)C4CCNC4)CC3)coc12)c1c(Cl)ccc(F)c1Cl. The summed E-state index contributed by atoms with van der Waals surface area (Å²) in [6, 6.07) is 2.63. The number of hydrogen-bond acceptors (Lipinski definition) is 6. The first kappa shape index (κ1) is 23.9. The minimum atomic E-state index is -0.715. The molecule has 0 aliphatic carbocycles. The molecule has 4 heterocycles. The van der Waals surface area contributed by atoms with Crippen LogP contribution in [-0.2, 0) is 4.79 Å². The maximum atomic E-state index is 14.0. The zero-order valence-corrected chi connectivity index (χ0v) is 20.6. The largest absolute Gasteiger partial charge is 0.478 e. The van der Waals surface area contributed by atoms with Gasteiger partial charge in [-0.2, -0.15) is 0 Å². The molecule has 3 aromatic rings. The summed E-state index contributed by atoms with van der Waals surface area (Å²) >= 11 is 12.4. The van der Waals surface area contributed by atoms with Crippen LogP contribution < -0.4 is 15.8 Å². The maximum absolute atomic E-state index is 14.0. The Kier molecular flexibility index (Phi) is 6.61. The highest BCUT2D eigenvalue weighted by molar-refractivity contribution is 6.36. The van der Waals surface area contributed by atoms with Gasteiger partial charge in [0.2, 0.25) is 11.7 Å². The summed E-state index contributed by atoms with van der Waals surface area (Å²) in [7, 11) is 0. The number of anilines is 1. The summed E-state index contributed by atoms with van der Waals surface area (Å²) in [5.74, 6) is 0.0462. The van der Waals surface area contributed by atoms with E-state index in [1.54, 1.807) is 19.4 Å². The van der Waals surface area contributed by atoms with Crippen molar-refractivity contribution in [3.05, 3.63) is 57.7 Å². The Labute approximate surface area is 212 Å². The second kappa shape index (κ2) is 9.68. The number of furan rings is 1. The standard InChI is InChI=1S/C25H25Cl2FN4O3/c1-13(20-18(26)2-3-19(28)21(20)27)35-23-22-16(11-31-24(23)29)17(12-34-22)14-5-8-32(9-6-14)25(33)15-4-7-30-10-15/h2-3,5,11-13,15,30H,4,6-10H2,1H3,(H2,29,31)/t13-,15?/m1/s1. The Hall–Kier alpha value is -2.81. The first-order valence-corrected chi connectivity index (χ1v) is 12.3. The van der Waals surface area contributed by atoms with Gasteiger partial charge in [0.1, 0.15) is 11.9 Å². The van der Waals surface area contributed by atoms with Crippen molar-refractivity contribution >= 4 is 51.5 Å². The van der Waals surface area contributed by atoms with E-state index < -0.39 is 11.9 Å². The Balaban J connectivity index is 1.41. The molecule has 10 heteroatoms. The highest BCUT2D eigenvalue weighted by atomic mass is 35.5. The molecule has 0 bridgehead atoms. The van der Waals surface area contributed by atoms with Gasteiger partial charge in [0, 0.05) is 42.0 Å². The molecule has 1 amide bonds. The summed E-state index contributed by atoms with van der Waals surface area (Å²) in [4.78, 5) is 18.9. The van der Waals surface area contributed by atoms with Crippen LogP contribution in [0.2, 0.25) is 10.0 Å². The topological polar surface area (TPSA) is 93.6 Å². The number of nitrogens with one attached hydrogen (secondary N) is 1. The maximum Gasteiger partial charge on any atom is 0.227 e. The van der Waals surface area contributed by atoms with Gasteiger partial charge >= 0.3 is 0 Å². The second-order valence-corrected chi connectivity index (χ2v) is 9.62. The van der Waals surface area contributed by atoms with Gasteiger partial charge in [-0.15, -0.1) is 0 Å². The zero-order valence-electron chi connectivity index (χ0n) is 19.1. The lowest BCUT2D eigenvalue weighted by Crippen LogP contribution is -2.39. The highest BCUT2D eigenvalue weighted by Crippen LogP contribution is 2.41. The van der Waals surface area contributed by atoms with Crippen molar-refractivity contribution in [3.63, 3.8) is 0 Å². The number of carbonyl (C=O) groups is 1. The number of aromatic nitrogens is 1. The van der Waals surface area contributed by atoms with Gasteiger partial charge < -0.3 is 25.1 Å². The number of amides is 1. The van der Waals surface area contributed by atoms with Crippen molar-refractivity contribution in [1.82, 2.24) is 15.2 Å². The van der Waals surface area contributed by atoms with Crippen molar-refractivity contribution in [2.45, 2.75) is 25.9 Å². The predicted molar refractivity (Wildman–Crippen MR) is 134 cm³/mol. The highest BCUT2D eigenvalue weighted by Gasteiger charge is 2.29. The molecule has 0 saturated carbocycles. The van der Waals surface area contributed by atoms with Crippen LogP contribution in [0.25, 0.3) is 16.5 Å². The van der Waals surface area contributed by atoms with E-state index in [1.165, 1.54) is 12.1 Å². The molecule has 1 saturated heterocycles. The van der Waals surface area contributed by atoms with Gasteiger partial charge in [-0.25, -0.2) is 9.37 Å². The fraction of sp³-hybridized carbons (Fsp3) is 0.360. The molecule has 3 N–H and O–H groups in total. The van der Waals surface area contributed by atoms with Crippen LogP contribution in [0.4, 0.5) is 10.2 Å². The minimum absolute atomic E-state index is 0.0636. The van der Waals surface area contributed by atoms with Gasteiger partial charge in [0.25, 0.3) is 0 Å². The Morgan fingerprint density at radius 3 is 2.94 bits per heavy atom. The van der Waals surface area contributed by atoms with E-state index >= 15 is 0 Å². The monoisotopic (exact) mass is 518 g/mol. The van der Waals surface area contributed by atoms with E-state index in [4.69, 9.17) is 38.1 Å². The Morgan fingerprint density at radius 1 is 1.40 bits per heavy atom. The summed E-state index contributed by atoms with van der Waals surface area (Å²) in [6.45, 7) is 4.54. The molecule has 184 valence electrons. The lowest BCUT2D eigenvalue weighted by Gasteiger charge is -2.28. The molecule has 7 nitrogen and oxygen atoms in total. The number of fused-ring (bicyclic) bond motifs is 1. The Bertz CT molecular complexity index is 1320. The lowest BCUT2D eigenvalue weighted by molar-refractivity contribution is -0.134. The van der Waals surface area contributed by atoms with Crippen LogP contribution in [0.15, 0.2) is 35.1 Å². The number of benzene rings is 1. The first-order chi connectivity index (χ1) is 16.8. The van der Waals surface area contributed by atoms with E-state index in [-0.39, 0.29) is 33.4 Å². The summed E-state index contributed by atoms with van der Waals surface area (Å²) in [5, 5.41) is 4.16. The van der Waals surface area contributed by atoms with Gasteiger partial charge in [-0.05, 0) is 44.0 Å². The minimum Gasteiger partial charge on any atom is -0.478 e. The van der Waals surface area contributed by atoms with E-state index in [1.807, 2.05) is 4.90 Å². The van der Waals surface area contributed by atoms with Crippen LogP contribution in [0, 0.1) is 11.7 Å². The van der Waals surface area contributed by atoms with Crippen LogP contribution in [0.5, 0.6) is 5.75 Å². The predicted octanol–water partition coefficient (Wildman–Crippen LogP) is 5.22. The van der Waals surface area contributed by atoms with E-state index in [2.05, 4.69) is 16.4 Å². The van der Waals surface area contributed by atoms with Crippen molar-refractivity contribution in [2.24, 2.45) is 5.92 Å². The summed E-state index contributed by atoms with van der Waals surface area (Å²) in [6.07, 6.45) is 6.22. The van der Waals surface area contributed by atoms with Gasteiger partial charge in [0.05, 0.1) is 22.6 Å². The van der Waals surface area contributed by atoms with Gasteiger partial charge in [-0.3, -0.25) is 4.79 Å². The van der Waals surface area contributed by atoms with Crippen molar-refractivity contribution in [1.29, 1.82) is 0 Å². The molecule has 1 unspecified atom stereocenters. The Morgan fingerprint density at radius 2 is 2.23 bits per heavy atom. The van der Waals surface area contributed by atoms with Gasteiger partial charge in [0.15, 0.2) is 11.4 Å². The fourth-order valence-corrected chi connectivity index (χ4v) is 5.41. The van der Waals surface area contributed by atoms with Crippen LogP contribution in [-0.4, -0.2) is 42.0 Å². The number of carbonyl (C=O) groups excluding carboxylic acids is 1. The average molecular weight is 519 g/mol. The van der Waals surface area contributed by atoms with Crippen LogP contribution in [0.1, 0.15) is 37.0 Å². The number of rotatable bonds is 5. The zero-order chi connectivity index (χ0) is 24.7. The average Bonchev–Trinajstić information content (AvgIpc) is 3.54. The summed E-state index contributed by atoms with van der Waals surface area (Å²) < 4.78 is 26.0. The van der Waals surface area contributed by atoms with Crippen molar-refractivity contribution < 1.29 is 18.3 Å². The number of pyridine rings is 1. The number of nitrogen functional groups attached to an aromatic ring is 1. The second-order valence-electron chi connectivity index (χ2n) is 8.84. The molecule has 1 aromatic carbocycles. The molecule has 2 atom stereocenters. The third kappa shape index (κ3) is 4.46. The smallest absolute Gasteiger partial charge is 0.227 e.